The quantitative estimate of drug-likeness (QED) is 0.851. The first-order chi connectivity index (χ1) is 9.88. The highest BCUT2D eigenvalue weighted by molar-refractivity contribution is 7.09. The van der Waals surface area contributed by atoms with E-state index in [-0.39, 0.29) is 11.3 Å². The van der Waals surface area contributed by atoms with Crippen LogP contribution in [-0.4, -0.2) is 12.5 Å². The van der Waals surface area contributed by atoms with Crippen LogP contribution in [0.3, 0.4) is 0 Å². The molecule has 0 atom stereocenters. The van der Waals surface area contributed by atoms with Crippen LogP contribution in [0.4, 0.5) is 18.9 Å². The number of amides is 1. The number of rotatable bonds is 4. The smallest absolute Gasteiger partial charge is 0.398 e. The molecule has 0 aliphatic heterocycles. The van der Waals surface area contributed by atoms with Gasteiger partial charge in [-0.15, -0.1) is 11.3 Å². The number of thiophene rings is 1. The van der Waals surface area contributed by atoms with Crippen LogP contribution in [0.1, 0.15) is 20.8 Å². The van der Waals surface area contributed by atoms with Crippen molar-refractivity contribution in [3.8, 4) is 0 Å². The Kier molecular flexibility index (Phi) is 4.52. The average molecular weight is 314 g/mol. The lowest BCUT2D eigenvalue weighted by atomic mass is 10.1. The zero-order valence-corrected chi connectivity index (χ0v) is 11.7. The first-order valence-electron chi connectivity index (χ1n) is 6.15. The Bertz CT molecular complexity index is 624. The number of anilines is 1. The number of halogens is 3. The maximum absolute atomic E-state index is 12.6. The van der Waals surface area contributed by atoms with Crippen LogP contribution in [-0.2, 0) is 12.6 Å². The number of nitrogens with one attached hydrogen (secondary N) is 1. The molecule has 0 aliphatic carbocycles. The third-order valence-corrected chi connectivity index (χ3v) is 3.80. The van der Waals surface area contributed by atoms with E-state index in [2.05, 4.69) is 5.32 Å². The summed E-state index contributed by atoms with van der Waals surface area (Å²) >= 11 is 1.55. The van der Waals surface area contributed by atoms with Gasteiger partial charge in [-0.2, -0.15) is 13.2 Å². The Labute approximate surface area is 123 Å². The summed E-state index contributed by atoms with van der Waals surface area (Å²) in [6, 6.07) is 6.55. The first kappa shape index (κ1) is 15.4. The van der Waals surface area contributed by atoms with Gasteiger partial charge in [0.25, 0.3) is 5.91 Å². The van der Waals surface area contributed by atoms with Gasteiger partial charge in [0.05, 0.1) is 11.1 Å². The van der Waals surface area contributed by atoms with Crippen molar-refractivity contribution in [2.45, 2.75) is 12.6 Å². The van der Waals surface area contributed by atoms with E-state index in [9.17, 15) is 18.0 Å². The third kappa shape index (κ3) is 3.98. The number of nitrogen functional groups attached to an aromatic ring is 1. The van der Waals surface area contributed by atoms with Gasteiger partial charge in [-0.05, 0) is 36.1 Å². The molecule has 2 rings (SSSR count). The van der Waals surface area contributed by atoms with Crippen molar-refractivity contribution in [3.63, 3.8) is 0 Å². The van der Waals surface area contributed by atoms with Crippen LogP contribution in [0.25, 0.3) is 0 Å². The van der Waals surface area contributed by atoms with E-state index >= 15 is 0 Å². The summed E-state index contributed by atoms with van der Waals surface area (Å²) in [6.45, 7) is 0.342. The Hall–Kier alpha value is -2.02. The molecule has 2 aromatic rings. The van der Waals surface area contributed by atoms with E-state index in [1.165, 1.54) is 0 Å². The van der Waals surface area contributed by atoms with Crippen LogP contribution >= 0.6 is 11.3 Å². The van der Waals surface area contributed by atoms with Gasteiger partial charge in [-0.25, -0.2) is 0 Å². The van der Waals surface area contributed by atoms with Crippen molar-refractivity contribution < 1.29 is 18.0 Å². The molecule has 1 heterocycles. The minimum absolute atomic E-state index is 0.0247. The summed E-state index contributed by atoms with van der Waals surface area (Å²) in [5.74, 6) is -0.602. The van der Waals surface area contributed by atoms with Crippen molar-refractivity contribution in [1.82, 2.24) is 5.32 Å². The Balaban J connectivity index is 2.04. The van der Waals surface area contributed by atoms with Crippen molar-refractivity contribution >= 4 is 22.9 Å². The Morgan fingerprint density at radius 3 is 2.67 bits per heavy atom. The standard InChI is InChI=1S/C14H13F3N2OS/c15-14(16,17)9-3-4-12(18)11(8-9)13(20)19-6-5-10-2-1-7-21-10/h1-4,7-8H,5-6,18H2,(H,19,20). The lowest BCUT2D eigenvalue weighted by Gasteiger charge is -2.11. The second-order valence-electron chi connectivity index (χ2n) is 4.39. The van der Waals surface area contributed by atoms with Crippen molar-refractivity contribution in [3.05, 3.63) is 51.7 Å². The molecule has 3 nitrogen and oxygen atoms in total. The molecule has 112 valence electrons. The summed E-state index contributed by atoms with van der Waals surface area (Å²) in [5, 5.41) is 4.50. The van der Waals surface area contributed by atoms with Crippen LogP contribution < -0.4 is 11.1 Å². The highest BCUT2D eigenvalue weighted by atomic mass is 32.1. The van der Waals surface area contributed by atoms with Gasteiger partial charge in [0, 0.05) is 17.1 Å². The SMILES string of the molecule is Nc1ccc(C(F)(F)F)cc1C(=O)NCCc1cccs1. The summed E-state index contributed by atoms with van der Waals surface area (Å²) < 4.78 is 37.9. The first-order valence-corrected chi connectivity index (χ1v) is 7.03. The molecule has 0 unspecified atom stereocenters. The van der Waals surface area contributed by atoms with E-state index in [1.807, 2.05) is 17.5 Å². The fourth-order valence-electron chi connectivity index (χ4n) is 1.78. The van der Waals surface area contributed by atoms with E-state index in [0.717, 1.165) is 23.1 Å². The number of benzene rings is 1. The molecule has 0 spiro atoms. The molecule has 1 aromatic heterocycles. The number of hydrogen-bond donors (Lipinski definition) is 2. The maximum atomic E-state index is 12.6. The van der Waals surface area contributed by atoms with Gasteiger partial charge in [0.15, 0.2) is 0 Å². The fourth-order valence-corrected chi connectivity index (χ4v) is 2.49. The Morgan fingerprint density at radius 2 is 2.05 bits per heavy atom. The third-order valence-electron chi connectivity index (χ3n) is 2.86. The lowest BCUT2D eigenvalue weighted by molar-refractivity contribution is -0.137. The van der Waals surface area contributed by atoms with Crippen LogP contribution in [0.2, 0.25) is 0 Å². The number of carbonyl (C=O) groups is 1. The van der Waals surface area contributed by atoms with Gasteiger partial charge in [-0.3, -0.25) is 4.79 Å². The average Bonchev–Trinajstić information content (AvgIpc) is 2.91. The van der Waals surface area contributed by atoms with Crippen molar-refractivity contribution in [2.24, 2.45) is 0 Å². The number of hydrogen-bond acceptors (Lipinski definition) is 3. The number of alkyl halides is 3. The van der Waals surface area contributed by atoms with Gasteiger partial charge < -0.3 is 11.1 Å². The molecular formula is C14H13F3N2OS. The van der Waals surface area contributed by atoms with E-state index < -0.39 is 17.6 Å². The molecule has 7 heteroatoms. The predicted octanol–water partition coefficient (Wildman–Crippen LogP) is 3.32. The second-order valence-corrected chi connectivity index (χ2v) is 5.42. The molecule has 0 saturated carbocycles. The predicted molar refractivity (Wildman–Crippen MR) is 76.2 cm³/mol. The second kappa shape index (κ2) is 6.17. The Morgan fingerprint density at radius 1 is 1.29 bits per heavy atom. The minimum atomic E-state index is -4.50. The fraction of sp³-hybridized carbons (Fsp3) is 0.214. The van der Waals surface area contributed by atoms with Crippen molar-refractivity contribution in [2.75, 3.05) is 12.3 Å². The normalized spacial score (nSPS) is 11.4. The topological polar surface area (TPSA) is 55.1 Å². The van der Waals surface area contributed by atoms with Crippen molar-refractivity contribution in [1.29, 1.82) is 0 Å². The highest BCUT2D eigenvalue weighted by Gasteiger charge is 2.31. The van der Waals surface area contributed by atoms with E-state index in [4.69, 9.17) is 5.73 Å². The summed E-state index contributed by atoms with van der Waals surface area (Å²) in [4.78, 5) is 13.0. The molecule has 0 fully saturated rings. The maximum Gasteiger partial charge on any atom is 0.416 e. The minimum Gasteiger partial charge on any atom is -0.398 e. The highest BCUT2D eigenvalue weighted by Crippen LogP contribution is 2.31. The van der Waals surface area contributed by atoms with Gasteiger partial charge in [-0.1, -0.05) is 6.07 Å². The zero-order chi connectivity index (χ0) is 15.5. The lowest BCUT2D eigenvalue weighted by Crippen LogP contribution is -2.26. The molecule has 1 aromatic carbocycles. The molecule has 1 amide bonds. The number of nitrogens with two attached hydrogens (primary N) is 1. The summed E-state index contributed by atoms with van der Waals surface area (Å²) in [6.07, 6.45) is -3.87. The summed E-state index contributed by atoms with van der Waals surface area (Å²) in [7, 11) is 0. The molecular weight excluding hydrogens is 301 g/mol. The largest absolute Gasteiger partial charge is 0.416 e. The van der Waals surface area contributed by atoms with Crippen LogP contribution in [0, 0.1) is 0 Å². The number of carbonyl (C=O) groups excluding carboxylic acids is 1. The molecule has 21 heavy (non-hydrogen) atoms. The van der Waals surface area contributed by atoms with Gasteiger partial charge in [0.2, 0.25) is 0 Å². The van der Waals surface area contributed by atoms with Crippen LogP contribution in [0.15, 0.2) is 35.7 Å². The van der Waals surface area contributed by atoms with Gasteiger partial charge in [0.1, 0.15) is 0 Å². The summed E-state index contributed by atoms with van der Waals surface area (Å²) in [5.41, 5.74) is 4.55. The van der Waals surface area contributed by atoms with E-state index in [1.54, 1.807) is 11.3 Å². The molecule has 0 bridgehead atoms. The van der Waals surface area contributed by atoms with E-state index in [0.29, 0.717) is 13.0 Å². The zero-order valence-electron chi connectivity index (χ0n) is 10.9. The van der Waals surface area contributed by atoms with Gasteiger partial charge >= 0.3 is 6.18 Å². The molecule has 3 N–H and O–H groups in total. The van der Waals surface area contributed by atoms with Crippen LogP contribution in [0.5, 0.6) is 0 Å². The molecule has 0 radical (unpaired) electrons. The molecule has 0 aliphatic rings. The molecule has 0 saturated heterocycles. The monoisotopic (exact) mass is 314 g/mol.